The minimum Gasteiger partial charge on any atom is -0.462 e. The minimum absolute atomic E-state index is 0.0800. The van der Waals surface area contributed by atoms with Crippen LogP contribution < -0.4 is 21.0 Å². The van der Waals surface area contributed by atoms with Crippen LogP contribution in [-0.4, -0.2) is 56.7 Å². The average molecular weight is 565 g/mol. The molecule has 0 amide bonds. The van der Waals surface area contributed by atoms with Gasteiger partial charge in [0.25, 0.3) is 5.13 Å². The number of nitrogens with one attached hydrogen (secondary N) is 1. The molecular weight excluding hydrogens is 538 g/mol. The number of nitrogens with two attached hydrogens (primary N) is 1. The lowest BCUT2D eigenvalue weighted by molar-refractivity contribution is -0.149. The van der Waals surface area contributed by atoms with Crippen LogP contribution in [0.25, 0.3) is 0 Å². The average Bonchev–Trinajstić information content (AvgIpc) is 3.01. The number of alkyl halides is 2. The molecule has 3 rings (SSSR count). The Kier molecular flexibility index (Phi) is 9.10. The third kappa shape index (κ3) is 6.80. The smallest absolute Gasteiger partial charge is 0.351 e. The number of hydrogen-bond donors (Lipinski definition) is 3. The van der Waals surface area contributed by atoms with Crippen LogP contribution in [0.1, 0.15) is 27.0 Å². The van der Waals surface area contributed by atoms with Gasteiger partial charge in [0, 0.05) is 6.20 Å². The van der Waals surface area contributed by atoms with Crippen molar-refractivity contribution in [1.29, 1.82) is 0 Å². The predicted molar refractivity (Wildman–Crippen MR) is 134 cm³/mol. The Bertz CT molecular complexity index is 1170. The third-order valence-corrected chi connectivity index (χ3v) is 7.83. The normalized spacial score (nSPS) is 26.4. The van der Waals surface area contributed by atoms with E-state index in [1.54, 1.807) is 44.2 Å². The van der Waals surface area contributed by atoms with E-state index < -0.39 is 54.5 Å². The maximum Gasteiger partial charge on any atom is 0.351 e. The van der Waals surface area contributed by atoms with Gasteiger partial charge in [-0.1, -0.05) is 29.8 Å². The molecule has 0 spiro atoms. The van der Waals surface area contributed by atoms with E-state index in [0.717, 1.165) is 10.8 Å². The molecule has 4 N–H and O–H groups in total. The van der Waals surface area contributed by atoms with Crippen LogP contribution >= 0.6 is 18.2 Å². The van der Waals surface area contributed by atoms with Crippen LogP contribution in [0.5, 0.6) is 5.75 Å². The number of carbonyl (C=O) groups is 1. The van der Waals surface area contributed by atoms with E-state index in [2.05, 4.69) is 10.1 Å². The Labute approximate surface area is 216 Å². The van der Waals surface area contributed by atoms with Gasteiger partial charge in [0.15, 0.2) is 6.23 Å². The zero-order chi connectivity index (χ0) is 26.7. The molecule has 11 nitrogen and oxygen atoms in total. The van der Waals surface area contributed by atoms with E-state index >= 15 is 4.39 Å². The molecule has 198 valence electrons. The molecule has 36 heavy (non-hydrogen) atoms. The summed E-state index contributed by atoms with van der Waals surface area (Å²) in [6, 6.07) is 8.79. The van der Waals surface area contributed by atoms with Gasteiger partial charge in [-0.25, -0.2) is 14.3 Å². The number of aliphatic hydroxyl groups excluding tert-OH is 1. The highest BCUT2D eigenvalue weighted by atomic mass is 35.5. The number of aliphatic hydroxyl groups is 1. The van der Waals surface area contributed by atoms with E-state index in [-0.39, 0.29) is 11.9 Å². The van der Waals surface area contributed by atoms with Crippen LogP contribution in [0.4, 0.5) is 10.2 Å². The molecule has 0 saturated carbocycles. The van der Waals surface area contributed by atoms with E-state index in [0.29, 0.717) is 5.75 Å². The van der Waals surface area contributed by atoms with Crippen molar-refractivity contribution in [3.63, 3.8) is 0 Å². The van der Waals surface area contributed by atoms with Gasteiger partial charge in [-0.3, -0.25) is 9.36 Å². The second-order valence-electron chi connectivity index (χ2n) is 8.22. The van der Waals surface area contributed by atoms with Gasteiger partial charge >= 0.3 is 18.3 Å². The van der Waals surface area contributed by atoms with Crippen molar-refractivity contribution in [3.8, 4) is 5.75 Å². The predicted octanol–water partition coefficient (Wildman–Crippen LogP) is 2.24. The quantitative estimate of drug-likeness (QED) is 0.222. The summed E-state index contributed by atoms with van der Waals surface area (Å²) in [6.07, 6.45) is -4.22. The summed E-state index contributed by atoms with van der Waals surface area (Å²) in [5.74, 6) is -0.320. The molecule has 6 unspecified atom stereocenters. The Hall–Kier alpha value is -2.12. The topological polar surface area (TPSA) is 147 Å². The van der Waals surface area contributed by atoms with E-state index in [4.69, 9.17) is 47.7 Å². The first-order valence-electron chi connectivity index (χ1n) is 10.9. The molecule has 0 bridgehead atoms. The van der Waals surface area contributed by atoms with Gasteiger partial charge in [-0.05, 0) is 50.8 Å². The number of rotatable bonds is 10. The number of ether oxygens (including phenoxy) is 2. The van der Waals surface area contributed by atoms with Crippen molar-refractivity contribution in [2.24, 2.45) is 0 Å². The number of esters is 1. The molecule has 6 atom stereocenters. The fraction of sp³-hybridized carbons (Fsp3) is 0.476. The maximum absolute atomic E-state index is 15.3. The zero-order valence-electron chi connectivity index (χ0n) is 19.6. The molecule has 2 heterocycles. The first kappa shape index (κ1) is 28.5. The molecule has 0 radical (unpaired) electrons. The molecule has 1 aromatic heterocycles. The lowest BCUT2D eigenvalue weighted by atomic mass is 10.1. The second-order valence-corrected chi connectivity index (χ2v) is 11.9. The van der Waals surface area contributed by atoms with Crippen molar-refractivity contribution < 1.29 is 32.8 Å². The molecular formula is C21H27ClFN4O7PS. The standard InChI is InChI=1S/C21H27ClFN4O7PS/c1-12(2)32-18(29)13(3)26-35(36,34-14-7-5-4-6-8-14)31-11-15-17(28)21(22,23)19(33-15)27-10-9-16(24)25-20(27)30/h4-10,12-13,15,17,19,28H,11H2,1-3H3,(H,26,36)(H2,24,25,30). The number of benzene rings is 1. The van der Waals surface area contributed by atoms with Crippen molar-refractivity contribution in [3.05, 3.63) is 53.1 Å². The Morgan fingerprint density at radius 2 is 2.06 bits per heavy atom. The van der Waals surface area contributed by atoms with Crippen molar-refractivity contribution >= 4 is 41.8 Å². The molecule has 1 fully saturated rings. The van der Waals surface area contributed by atoms with Gasteiger partial charge in [-0.2, -0.15) is 4.98 Å². The maximum atomic E-state index is 15.3. The number of halogens is 2. The lowest BCUT2D eigenvalue weighted by Gasteiger charge is -2.28. The molecule has 0 aliphatic carbocycles. The van der Waals surface area contributed by atoms with Crippen molar-refractivity contribution in [2.45, 2.75) is 56.5 Å². The first-order valence-corrected chi connectivity index (χ1v) is 13.9. The SMILES string of the molecule is CC(C)OC(=O)C(C)NP(=S)(OCC1OC(n2ccc(N)nc2=O)C(F)(Cl)C1O)Oc1ccccc1. The third-order valence-electron chi connectivity index (χ3n) is 4.92. The fourth-order valence-electron chi connectivity index (χ4n) is 3.22. The number of para-hydroxylation sites is 1. The first-order chi connectivity index (χ1) is 16.8. The molecule has 2 aromatic rings. The molecule has 15 heteroatoms. The largest absolute Gasteiger partial charge is 0.462 e. The van der Waals surface area contributed by atoms with Crippen LogP contribution in [0.2, 0.25) is 0 Å². The lowest BCUT2D eigenvalue weighted by Crippen LogP contribution is -2.41. The molecule has 1 saturated heterocycles. The number of anilines is 1. The van der Waals surface area contributed by atoms with Crippen molar-refractivity contribution in [2.75, 3.05) is 12.3 Å². The van der Waals surface area contributed by atoms with E-state index in [1.807, 2.05) is 0 Å². The fourth-order valence-corrected chi connectivity index (χ4v) is 5.93. The molecule has 1 aliphatic rings. The molecule has 1 aromatic carbocycles. The van der Waals surface area contributed by atoms with Gasteiger partial charge in [0.2, 0.25) is 0 Å². The number of carbonyl (C=O) groups excluding carboxylic acids is 1. The highest BCUT2D eigenvalue weighted by Crippen LogP contribution is 2.48. The van der Waals surface area contributed by atoms with Crippen LogP contribution in [-0.2, 0) is 30.6 Å². The van der Waals surface area contributed by atoms with Gasteiger partial charge < -0.3 is 29.4 Å². The zero-order valence-corrected chi connectivity index (χ0v) is 22.1. The summed E-state index contributed by atoms with van der Waals surface area (Å²) >= 11 is 11.5. The monoisotopic (exact) mass is 564 g/mol. The summed E-state index contributed by atoms with van der Waals surface area (Å²) in [5, 5.41) is 10.4. The second kappa shape index (κ2) is 11.5. The highest BCUT2D eigenvalue weighted by molar-refractivity contribution is 8.09. The summed E-state index contributed by atoms with van der Waals surface area (Å²) in [6.45, 7) is 0.933. The summed E-state index contributed by atoms with van der Waals surface area (Å²) < 4.78 is 38.4. The van der Waals surface area contributed by atoms with Crippen molar-refractivity contribution in [1.82, 2.24) is 14.6 Å². The van der Waals surface area contributed by atoms with Crippen LogP contribution in [0.3, 0.4) is 0 Å². The van der Waals surface area contributed by atoms with Crippen LogP contribution in [0, 0.1) is 0 Å². The summed E-state index contributed by atoms with van der Waals surface area (Å²) in [7, 11) is 0. The van der Waals surface area contributed by atoms with Crippen LogP contribution in [0.15, 0.2) is 47.4 Å². The number of nitrogens with zero attached hydrogens (tertiary/aromatic N) is 2. The number of hydrogen-bond acceptors (Lipinski definition) is 10. The summed E-state index contributed by atoms with van der Waals surface area (Å²) in [5.41, 5.74) is 4.55. The summed E-state index contributed by atoms with van der Waals surface area (Å²) in [4.78, 5) is 28.0. The Balaban J connectivity index is 1.79. The highest BCUT2D eigenvalue weighted by Gasteiger charge is 2.58. The van der Waals surface area contributed by atoms with E-state index in [9.17, 15) is 14.7 Å². The molecule has 1 aliphatic heterocycles. The van der Waals surface area contributed by atoms with Gasteiger partial charge in [0.1, 0.15) is 29.8 Å². The van der Waals surface area contributed by atoms with Gasteiger partial charge in [0.05, 0.1) is 12.7 Å². The number of nitrogen functional groups attached to an aromatic ring is 1. The Morgan fingerprint density at radius 3 is 2.67 bits per heavy atom. The number of aromatic nitrogens is 2. The van der Waals surface area contributed by atoms with Gasteiger partial charge in [-0.15, -0.1) is 0 Å². The minimum atomic E-state index is -3.49. The Morgan fingerprint density at radius 1 is 1.39 bits per heavy atom. The van der Waals surface area contributed by atoms with E-state index in [1.165, 1.54) is 13.0 Å².